The lowest BCUT2D eigenvalue weighted by Gasteiger charge is -2.37. The minimum absolute atomic E-state index is 0.0884. The lowest BCUT2D eigenvalue weighted by Crippen LogP contribution is -2.44. The third-order valence-corrected chi connectivity index (χ3v) is 6.90. The van der Waals surface area contributed by atoms with Gasteiger partial charge in [-0.25, -0.2) is 8.42 Å². The second-order valence-electron chi connectivity index (χ2n) is 6.68. The van der Waals surface area contributed by atoms with Crippen LogP contribution >= 0.6 is 0 Å². The lowest BCUT2D eigenvalue weighted by atomic mass is 9.74. The average molecular weight is 384 g/mol. The van der Waals surface area contributed by atoms with Crippen molar-refractivity contribution in [2.75, 3.05) is 13.1 Å². The van der Waals surface area contributed by atoms with Gasteiger partial charge in [0.2, 0.25) is 10.0 Å². The first-order valence-corrected chi connectivity index (χ1v) is 10.1. The predicted molar refractivity (Wildman–Crippen MR) is 99.5 cm³/mol. The van der Waals surface area contributed by atoms with E-state index in [1.165, 1.54) is 16.4 Å². The minimum atomic E-state index is -3.73. The van der Waals surface area contributed by atoms with Crippen molar-refractivity contribution in [2.45, 2.75) is 29.6 Å². The first-order valence-electron chi connectivity index (χ1n) is 8.65. The van der Waals surface area contributed by atoms with Crippen LogP contribution in [0.3, 0.4) is 0 Å². The molecule has 0 amide bonds. The Morgan fingerprint density at radius 2 is 1.78 bits per heavy atom. The molecule has 27 heavy (non-hydrogen) atoms. The molecule has 1 saturated heterocycles. The summed E-state index contributed by atoms with van der Waals surface area (Å²) in [5.41, 5.74) is 0.669. The summed E-state index contributed by atoms with van der Waals surface area (Å²) < 4.78 is 27.3. The zero-order chi connectivity index (χ0) is 19.5. The fourth-order valence-corrected chi connectivity index (χ4v) is 4.98. The van der Waals surface area contributed by atoms with Crippen molar-refractivity contribution < 1.29 is 18.3 Å². The van der Waals surface area contributed by atoms with Gasteiger partial charge in [-0.15, -0.1) is 0 Å². The molecule has 7 heteroatoms. The number of carboxylic acids is 1. The van der Waals surface area contributed by atoms with Crippen molar-refractivity contribution in [1.82, 2.24) is 4.31 Å². The molecule has 0 saturated carbocycles. The molecule has 3 rings (SSSR count). The molecule has 0 atom stereocenters. The van der Waals surface area contributed by atoms with E-state index < -0.39 is 21.4 Å². The summed E-state index contributed by atoms with van der Waals surface area (Å²) in [7, 11) is -3.73. The number of carbonyl (C=O) groups is 1. The van der Waals surface area contributed by atoms with E-state index in [2.05, 4.69) is 6.07 Å². The van der Waals surface area contributed by atoms with Crippen molar-refractivity contribution in [3.8, 4) is 6.07 Å². The number of benzene rings is 2. The van der Waals surface area contributed by atoms with Gasteiger partial charge in [0, 0.05) is 13.1 Å². The summed E-state index contributed by atoms with van der Waals surface area (Å²) in [6.45, 7) is 0.488. The highest BCUT2D eigenvalue weighted by molar-refractivity contribution is 7.89. The Bertz CT molecular complexity index is 973. The summed E-state index contributed by atoms with van der Waals surface area (Å²) in [4.78, 5) is 11.0. The van der Waals surface area contributed by atoms with Crippen LogP contribution in [0.4, 0.5) is 0 Å². The van der Waals surface area contributed by atoms with Crippen LogP contribution in [-0.4, -0.2) is 36.9 Å². The summed E-state index contributed by atoms with van der Waals surface area (Å²) in [6, 6.07) is 17.9. The highest BCUT2D eigenvalue weighted by Crippen LogP contribution is 2.36. The van der Waals surface area contributed by atoms with Crippen LogP contribution in [0.25, 0.3) is 0 Å². The zero-order valence-corrected chi connectivity index (χ0v) is 15.5. The second kappa shape index (κ2) is 7.51. The van der Waals surface area contributed by atoms with Crippen LogP contribution in [0.15, 0.2) is 59.5 Å². The van der Waals surface area contributed by atoms with Crippen molar-refractivity contribution in [1.29, 1.82) is 5.26 Å². The fourth-order valence-electron chi connectivity index (χ4n) is 3.47. The van der Waals surface area contributed by atoms with Crippen molar-refractivity contribution in [3.05, 3.63) is 65.7 Å². The number of piperidine rings is 1. The van der Waals surface area contributed by atoms with Gasteiger partial charge in [-0.2, -0.15) is 9.57 Å². The second-order valence-corrected chi connectivity index (χ2v) is 8.62. The standard InChI is InChI=1S/C20H20N2O4S/c21-15-20(17-6-2-1-3-7-17)9-11-22(12-10-20)27(25,26)18-8-4-5-16(13-18)14-19(23)24/h1-8,13H,9-12,14H2,(H,23,24). The molecule has 2 aromatic carbocycles. The van der Waals surface area contributed by atoms with Gasteiger partial charge in [-0.1, -0.05) is 42.5 Å². The normalized spacial score (nSPS) is 17.1. The molecule has 0 spiro atoms. The van der Waals surface area contributed by atoms with Crippen LogP contribution in [0, 0.1) is 11.3 Å². The predicted octanol–water partition coefficient (Wildman–Crippen LogP) is 2.56. The topological polar surface area (TPSA) is 98.5 Å². The van der Waals surface area contributed by atoms with E-state index in [4.69, 9.17) is 5.11 Å². The number of rotatable bonds is 5. The van der Waals surface area contributed by atoms with Crippen LogP contribution in [0.5, 0.6) is 0 Å². The third-order valence-electron chi connectivity index (χ3n) is 5.01. The maximum Gasteiger partial charge on any atom is 0.307 e. The number of aliphatic carboxylic acids is 1. The maximum absolute atomic E-state index is 13.0. The third kappa shape index (κ3) is 3.87. The van der Waals surface area contributed by atoms with Gasteiger partial charge in [0.15, 0.2) is 0 Å². The van der Waals surface area contributed by atoms with E-state index in [1.807, 2.05) is 30.3 Å². The van der Waals surface area contributed by atoms with Gasteiger partial charge >= 0.3 is 5.97 Å². The van der Waals surface area contributed by atoms with Gasteiger partial charge in [0.25, 0.3) is 0 Å². The molecule has 2 aromatic rings. The smallest absolute Gasteiger partial charge is 0.307 e. The fraction of sp³-hybridized carbons (Fsp3) is 0.300. The van der Waals surface area contributed by atoms with Gasteiger partial charge in [0.1, 0.15) is 0 Å². The molecule has 0 radical (unpaired) electrons. The largest absolute Gasteiger partial charge is 0.481 e. The number of nitrogens with zero attached hydrogens (tertiary/aromatic N) is 2. The molecule has 1 aliphatic rings. The Morgan fingerprint density at radius 1 is 1.11 bits per heavy atom. The van der Waals surface area contributed by atoms with Crippen molar-refractivity contribution in [2.24, 2.45) is 0 Å². The number of hydrogen-bond acceptors (Lipinski definition) is 4. The van der Waals surface area contributed by atoms with Crippen molar-refractivity contribution in [3.63, 3.8) is 0 Å². The Morgan fingerprint density at radius 3 is 2.37 bits per heavy atom. The molecule has 0 aliphatic carbocycles. The first kappa shape index (κ1) is 19.1. The highest BCUT2D eigenvalue weighted by Gasteiger charge is 2.40. The molecule has 0 bridgehead atoms. The molecule has 0 aromatic heterocycles. The Kier molecular flexibility index (Phi) is 5.31. The zero-order valence-electron chi connectivity index (χ0n) is 14.7. The molecule has 1 N–H and O–H groups in total. The van der Waals surface area contributed by atoms with Gasteiger partial charge in [-0.05, 0) is 36.1 Å². The summed E-state index contributed by atoms with van der Waals surface area (Å²) >= 11 is 0. The van der Waals surface area contributed by atoms with E-state index in [0.29, 0.717) is 18.4 Å². The monoisotopic (exact) mass is 384 g/mol. The average Bonchev–Trinajstić information content (AvgIpc) is 2.68. The Labute approximate surface area is 158 Å². The van der Waals surface area contributed by atoms with Gasteiger partial charge in [-0.3, -0.25) is 4.79 Å². The van der Waals surface area contributed by atoms with E-state index >= 15 is 0 Å². The molecule has 140 valence electrons. The first-order chi connectivity index (χ1) is 12.9. The summed E-state index contributed by atoms with van der Waals surface area (Å²) in [5.74, 6) is -1.01. The number of carboxylic acid groups (broad SMARTS) is 1. The van der Waals surface area contributed by atoms with E-state index in [9.17, 15) is 18.5 Å². The molecule has 6 nitrogen and oxygen atoms in total. The quantitative estimate of drug-likeness (QED) is 0.854. The Balaban J connectivity index is 1.81. The van der Waals surface area contributed by atoms with Crippen LogP contribution in [0.1, 0.15) is 24.0 Å². The molecular formula is C20H20N2O4S. The van der Waals surface area contributed by atoms with Gasteiger partial charge in [0.05, 0.1) is 22.8 Å². The number of sulfonamides is 1. The van der Waals surface area contributed by atoms with Crippen molar-refractivity contribution >= 4 is 16.0 Å². The molecular weight excluding hydrogens is 364 g/mol. The van der Waals surface area contributed by atoms with Crippen LogP contribution < -0.4 is 0 Å². The summed E-state index contributed by atoms with van der Waals surface area (Å²) in [5, 5.41) is 18.7. The lowest BCUT2D eigenvalue weighted by molar-refractivity contribution is -0.136. The number of hydrogen-bond donors (Lipinski definition) is 1. The number of nitriles is 1. The Hall–Kier alpha value is -2.69. The molecule has 1 fully saturated rings. The van der Waals surface area contributed by atoms with Crippen LogP contribution in [-0.2, 0) is 26.7 Å². The summed E-state index contributed by atoms with van der Waals surface area (Å²) in [6.07, 6.45) is 0.609. The molecule has 1 heterocycles. The van der Waals surface area contributed by atoms with E-state index in [-0.39, 0.29) is 24.4 Å². The van der Waals surface area contributed by atoms with Gasteiger partial charge < -0.3 is 5.11 Å². The molecule has 1 aliphatic heterocycles. The molecule has 0 unspecified atom stereocenters. The van der Waals surface area contributed by atoms with E-state index in [0.717, 1.165) is 5.56 Å². The van der Waals surface area contributed by atoms with Crippen LogP contribution in [0.2, 0.25) is 0 Å². The van der Waals surface area contributed by atoms with E-state index in [1.54, 1.807) is 12.1 Å². The SMILES string of the molecule is N#CC1(c2ccccc2)CCN(S(=O)(=O)c2cccc(CC(=O)O)c2)CC1. The highest BCUT2D eigenvalue weighted by atomic mass is 32.2. The maximum atomic E-state index is 13.0. The minimum Gasteiger partial charge on any atom is -0.481 e.